The van der Waals surface area contributed by atoms with Gasteiger partial charge in [0.1, 0.15) is 5.69 Å². The summed E-state index contributed by atoms with van der Waals surface area (Å²) in [4.78, 5) is 54.4. The van der Waals surface area contributed by atoms with E-state index in [0.717, 1.165) is 25.9 Å². The van der Waals surface area contributed by atoms with E-state index in [2.05, 4.69) is 5.32 Å². The summed E-state index contributed by atoms with van der Waals surface area (Å²) in [6, 6.07) is 9.42. The number of anilines is 3. The molecule has 0 aromatic heterocycles. The van der Waals surface area contributed by atoms with E-state index in [-0.39, 0.29) is 29.3 Å². The van der Waals surface area contributed by atoms with Gasteiger partial charge in [0.25, 0.3) is 11.6 Å². The lowest BCUT2D eigenvalue weighted by atomic mass is 10.1. The number of rotatable bonds is 7. The van der Waals surface area contributed by atoms with E-state index in [9.17, 15) is 24.5 Å². The van der Waals surface area contributed by atoms with Crippen molar-refractivity contribution in [3.63, 3.8) is 0 Å². The van der Waals surface area contributed by atoms with Crippen molar-refractivity contribution in [2.75, 3.05) is 61.0 Å². The molecule has 2 heterocycles. The number of ether oxygens (including phenoxy) is 1. The topological polar surface area (TPSA) is 125 Å². The molecule has 0 aliphatic carbocycles. The molecule has 4 rings (SSSR count). The zero-order valence-electron chi connectivity index (χ0n) is 21.1. The first-order chi connectivity index (χ1) is 17.8. The van der Waals surface area contributed by atoms with Crippen LogP contribution in [0, 0.1) is 10.1 Å². The number of carbonyl (C=O) groups is 3. The molecule has 2 aromatic carbocycles. The zero-order valence-corrected chi connectivity index (χ0v) is 21.1. The Balaban J connectivity index is 1.62. The SMILES string of the molecule is CCOC(=O)c1ccc(N2CCN(C(C)=O)CC2)c(NC(=O)c2ccc(N3CCCC3)c([N+](=O)[O-])c2)c1. The molecule has 0 bridgehead atoms. The quantitative estimate of drug-likeness (QED) is 0.342. The molecule has 0 spiro atoms. The third-order valence-electron chi connectivity index (χ3n) is 6.70. The predicted molar refractivity (Wildman–Crippen MR) is 139 cm³/mol. The number of hydrogen-bond acceptors (Lipinski definition) is 8. The maximum absolute atomic E-state index is 13.3. The monoisotopic (exact) mass is 509 g/mol. The summed E-state index contributed by atoms with van der Waals surface area (Å²) in [5, 5.41) is 14.6. The molecule has 2 aliphatic rings. The minimum absolute atomic E-state index is 0.00445. The van der Waals surface area contributed by atoms with Crippen molar-refractivity contribution in [3.8, 4) is 0 Å². The fourth-order valence-electron chi connectivity index (χ4n) is 4.75. The van der Waals surface area contributed by atoms with Crippen molar-refractivity contribution in [2.24, 2.45) is 0 Å². The summed E-state index contributed by atoms with van der Waals surface area (Å²) in [6.07, 6.45) is 1.94. The Hall–Kier alpha value is -4.15. The van der Waals surface area contributed by atoms with Crippen LogP contribution in [0.5, 0.6) is 0 Å². The number of nitro benzene ring substituents is 1. The van der Waals surface area contributed by atoms with Crippen molar-refractivity contribution in [1.29, 1.82) is 0 Å². The molecule has 11 heteroatoms. The fourth-order valence-corrected chi connectivity index (χ4v) is 4.75. The van der Waals surface area contributed by atoms with Crippen molar-refractivity contribution in [2.45, 2.75) is 26.7 Å². The molecule has 0 radical (unpaired) electrons. The van der Waals surface area contributed by atoms with Gasteiger partial charge in [0.2, 0.25) is 5.91 Å². The van der Waals surface area contributed by atoms with Crippen molar-refractivity contribution in [3.05, 3.63) is 57.6 Å². The van der Waals surface area contributed by atoms with Crippen LogP contribution in [0.25, 0.3) is 0 Å². The Labute approximate surface area is 215 Å². The van der Waals surface area contributed by atoms with Gasteiger partial charge in [-0.15, -0.1) is 0 Å². The standard InChI is InChI=1S/C26H31N5O6/c1-3-37-26(34)20-7-8-22(30-14-12-28(13-15-30)18(2)32)21(16-20)27-25(33)19-6-9-23(24(17-19)31(35)36)29-10-4-5-11-29/h6-9,16-17H,3-5,10-15H2,1-2H3,(H,27,33). The van der Waals surface area contributed by atoms with Gasteiger partial charge in [-0.2, -0.15) is 0 Å². The molecule has 2 aliphatic heterocycles. The number of amides is 2. The summed E-state index contributed by atoms with van der Waals surface area (Å²) in [5.74, 6) is -1.04. The van der Waals surface area contributed by atoms with Gasteiger partial charge in [-0.05, 0) is 50.1 Å². The molecule has 2 fully saturated rings. The van der Waals surface area contributed by atoms with Gasteiger partial charge in [0.15, 0.2) is 0 Å². The van der Waals surface area contributed by atoms with Crippen LogP contribution in [0.15, 0.2) is 36.4 Å². The van der Waals surface area contributed by atoms with Crippen molar-refractivity contribution in [1.82, 2.24) is 4.90 Å². The lowest BCUT2D eigenvalue weighted by Crippen LogP contribution is -2.48. The number of hydrogen-bond donors (Lipinski definition) is 1. The Morgan fingerprint density at radius 1 is 0.919 bits per heavy atom. The van der Waals surface area contributed by atoms with E-state index < -0.39 is 16.8 Å². The van der Waals surface area contributed by atoms with E-state index in [1.165, 1.54) is 13.0 Å². The van der Waals surface area contributed by atoms with Gasteiger partial charge >= 0.3 is 5.97 Å². The summed E-state index contributed by atoms with van der Waals surface area (Å²) in [5.41, 5.74) is 1.89. The number of nitrogens with one attached hydrogen (secondary N) is 1. The highest BCUT2D eigenvalue weighted by Gasteiger charge is 2.26. The Kier molecular flexibility index (Phi) is 7.90. The Morgan fingerprint density at radius 3 is 2.16 bits per heavy atom. The maximum Gasteiger partial charge on any atom is 0.338 e. The van der Waals surface area contributed by atoms with E-state index in [0.29, 0.717) is 43.2 Å². The highest BCUT2D eigenvalue weighted by Crippen LogP contribution is 2.33. The van der Waals surface area contributed by atoms with Gasteiger partial charge in [0.05, 0.1) is 28.5 Å². The van der Waals surface area contributed by atoms with Crippen molar-refractivity contribution < 1.29 is 24.0 Å². The summed E-state index contributed by atoms with van der Waals surface area (Å²) < 4.78 is 5.11. The maximum atomic E-state index is 13.3. The lowest BCUT2D eigenvalue weighted by Gasteiger charge is -2.36. The van der Waals surface area contributed by atoms with Crippen LogP contribution >= 0.6 is 0 Å². The van der Waals surface area contributed by atoms with Crippen LogP contribution < -0.4 is 15.1 Å². The summed E-state index contributed by atoms with van der Waals surface area (Å²) >= 11 is 0. The van der Waals surface area contributed by atoms with E-state index in [1.807, 2.05) is 9.80 Å². The number of piperazine rings is 1. The zero-order chi connectivity index (χ0) is 26.5. The van der Waals surface area contributed by atoms with Crippen LogP contribution in [0.3, 0.4) is 0 Å². The van der Waals surface area contributed by atoms with Crippen LogP contribution in [0.1, 0.15) is 47.4 Å². The minimum atomic E-state index is -0.527. The first-order valence-corrected chi connectivity index (χ1v) is 12.4. The largest absolute Gasteiger partial charge is 0.462 e. The molecule has 2 amide bonds. The number of nitrogens with zero attached hydrogens (tertiary/aromatic N) is 4. The summed E-state index contributed by atoms with van der Waals surface area (Å²) in [7, 11) is 0. The summed E-state index contributed by atoms with van der Waals surface area (Å²) in [6.45, 7) is 7.11. The van der Waals surface area contributed by atoms with Gasteiger partial charge in [-0.25, -0.2) is 4.79 Å². The number of carbonyl (C=O) groups excluding carboxylic acids is 3. The second-order valence-corrected chi connectivity index (χ2v) is 9.05. The molecular formula is C26H31N5O6. The lowest BCUT2D eigenvalue weighted by molar-refractivity contribution is -0.384. The second-order valence-electron chi connectivity index (χ2n) is 9.05. The smallest absolute Gasteiger partial charge is 0.338 e. The highest BCUT2D eigenvalue weighted by molar-refractivity contribution is 6.07. The van der Waals surface area contributed by atoms with Gasteiger partial charge < -0.3 is 24.8 Å². The predicted octanol–water partition coefficient (Wildman–Crippen LogP) is 3.29. The van der Waals surface area contributed by atoms with Gasteiger partial charge in [-0.1, -0.05) is 0 Å². The van der Waals surface area contributed by atoms with Crippen molar-refractivity contribution >= 4 is 40.5 Å². The van der Waals surface area contributed by atoms with Crippen LogP contribution in [-0.4, -0.2) is 73.5 Å². The van der Waals surface area contributed by atoms with E-state index in [4.69, 9.17) is 4.74 Å². The number of esters is 1. The average molecular weight is 510 g/mol. The van der Waals surface area contributed by atoms with Crippen LogP contribution in [0.4, 0.5) is 22.7 Å². The molecule has 2 saturated heterocycles. The second kappa shape index (κ2) is 11.3. The third-order valence-corrected chi connectivity index (χ3v) is 6.70. The molecule has 37 heavy (non-hydrogen) atoms. The van der Waals surface area contributed by atoms with Crippen LogP contribution in [0.2, 0.25) is 0 Å². The normalized spacial score (nSPS) is 15.5. The number of nitro groups is 1. The molecule has 0 unspecified atom stereocenters. The van der Waals surface area contributed by atoms with E-state index >= 15 is 0 Å². The van der Waals surface area contributed by atoms with Gasteiger partial charge in [-0.3, -0.25) is 19.7 Å². The Morgan fingerprint density at radius 2 is 1.54 bits per heavy atom. The fraction of sp³-hybridized carbons (Fsp3) is 0.423. The molecule has 2 aromatic rings. The van der Waals surface area contributed by atoms with E-state index in [1.54, 1.807) is 42.2 Å². The molecule has 1 N–H and O–H groups in total. The first-order valence-electron chi connectivity index (χ1n) is 12.4. The van der Waals surface area contributed by atoms with Gasteiger partial charge in [0, 0.05) is 57.8 Å². The minimum Gasteiger partial charge on any atom is -0.462 e. The first kappa shape index (κ1) is 25.9. The molecule has 0 saturated carbocycles. The molecule has 0 atom stereocenters. The number of benzene rings is 2. The highest BCUT2D eigenvalue weighted by atomic mass is 16.6. The molecule has 196 valence electrons. The Bertz CT molecular complexity index is 1200. The molecular weight excluding hydrogens is 478 g/mol. The third kappa shape index (κ3) is 5.82. The molecule has 11 nitrogen and oxygen atoms in total. The average Bonchev–Trinajstić information content (AvgIpc) is 3.43. The van der Waals surface area contributed by atoms with Crippen LogP contribution in [-0.2, 0) is 9.53 Å².